The van der Waals surface area contributed by atoms with Gasteiger partial charge in [0.2, 0.25) is 15.9 Å². The summed E-state index contributed by atoms with van der Waals surface area (Å²) in [4.78, 5) is 12.7. The summed E-state index contributed by atoms with van der Waals surface area (Å²) in [5.41, 5.74) is 1.51. The van der Waals surface area contributed by atoms with Gasteiger partial charge in [-0.1, -0.05) is 36.4 Å². The number of nitrogens with one attached hydrogen (secondary N) is 2. The van der Waals surface area contributed by atoms with Crippen LogP contribution in [-0.4, -0.2) is 44.9 Å². The summed E-state index contributed by atoms with van der Waals surface area (Å²) in [6.07, 6.45) is 1.70. The van der Waals surface area contributed by atoms with Gasteiger partial charge in [-0.3, -0.25) is 4.79 Å². The van der Waals surface area contributed by atoms with Gasteiger partial charge in [0, 0.05) is 24.8 Å². The molecule has 180 valence electrons. The highest BCUT2D eigenvalue weighted by Crippen LogP contribution is 2.31. The Morgan fingerprint density at radius 3 is 2.50 bits per heavy atom. The highest BCUT2D eigenvalue weighted by molar-refractivity contribution is 7.89. The number of sulfonamides is 1. The molecule has 1 aliphatic rings. The normalized spacial score (nSPS) is 15.4. The summed E-state index contributed by atoms with van der Waals surface area (Å²) in [6.45, 7) is 5.27. The van der Waals surface area contributed by atoms with Crippen LogP contribution in [0.25, 0.3) is 10.8 Å². The van der Waals surface area contributed by atoms with Gasteiger partial charge in [-0.15, -0.1) is 0 Å². The lowest BCUT2D eigenvalue weighted by Crippen LogP contribution is -2.30. The third-order valence-electron chi connectivity index (χ3n) is 6.05. The highest BCUT2D eigenvalue weighted by Gasteiger charge is 2.30. The molecule has 3 aromatic carbocycles. The summed E-state index contributed by atoms with van der Waals surface area (Å²) >= 11 is 0. The molecule has 0 bridgehead atoms. The van der Waals surface area contributed by atoms with Crippen molar-refractivity contribution in [3.05, 3.63) is 66.2 Å². The molecular weight excluding hydrogens is 450 g/mol. The maximum atomic E-state index is 13.2. The van der Waals surface area contributed by atoms with Crippen molar-refractivity contribution in [2.24, 2.45) is 0 Å². The molecule has 4 rings (SSSR count). The number of hydrogen-bond acceptors (Lipinski definition) is 5. The van der Waals surface area contributed by atoms with E-state index in [0.29, 0.717) is 31.1 Å². The van der Waals surface area contributed by atoms with Crippen molar-refractivity contribution in [2.45, 2.75) is 37.6 Å². The number of rotatable bonds is 9. The Kier molecular flexibility index (Phi) is 7.50. The number of benzene rings is 3. The van der Waals surface area contributed by atoms with Crippen molar-refractivity contribution >= 4 is 32.4 Å². The van der Waals surface area contributed by atoms with E-state index < -0.39 is 10.0 Å². The highest BCUT2D eigenvalue weighted by atomic mass is 32.2. The number of fused-ring (bicyclic) bond motifs is 1. The van der Waals surface area contributed by atoms with Crippen LogP contribution in [-0.2, 0) is 14.8 Å². The minimum Gasteiger partial charge on any atom is -0.492 e. The van der Waals surface area contributed by atoms with E-state index in [4.69, 9.17) is 4.74 Å². The minimum atomic E-state index is -3.69. The second-order valence-electron chi connectivity index (χ2n) is 8.46. The SMILES string of the molecule is CCOc1ccc(NC(=O)CN[C@H](C)c2ccc3ccccc3c2)cc1S(=O)(=O)N1CCCC1. The molecule has 1 aliphatic heterocycles. The van der Waals surface area contributed by atoms with E-state index in [2.05, 4.69) is 41.0 Å². The van der Waals surface area contributed by atoms with E-state index in [-0.39, 0.29) is 23.4 Å². The Balaban J connectivity index is 1.43. The summed E-state index contributed by atoms with van der Waals surface area (Å²) in [7, 11) is -3.69. The number of anilines is 1. The van der Waals surface area contributed by atoms with E-state index in [9.17, 15) is 13.2 Å². The summed E-state index contributed by atoms with van der Waals surface area (Å²) < 4.78 is 33.4. The number of hydrogen-bond donors (Lipinski definition) is 2. The first-order chi connectivity index (χ1) is 16.4. The summed E-state index contributed by atoms with van der Waals surface area (Å²) in [5, 5.41) is 8.38. The van der Waals surface area contributed by atoms with E-state index in [1.54, 1.807) is 12.1 Å². The van der Waals surface area contributed by atoms with Crippen LogP contribution in [0.2, 0.25) is 0 Å². The van der Waals surface area contributed by atoms with E-state index in [1.807, 2.05) is 26.0 Å². The molecule has 7 nitrogen and oxygen atoms in total. The van der Waals surface area contributed by atoms with Crippen LogP contribution in [0.3, 0.4) is 0 Å². The fourth-order valence-electron chi connectivity index (χ4n) is 4.18. The molecule has 1 amide bonds. The smallest absolute Gasteiger partial charge is 0.246 e. The van der Waals surface area contributed by atoms with Crippen LogP contribution < -0.4 is 15.4 Å². The van der Waals surface area contributed by atoms with Gasteiger partial charge >= 0.3 is 0 Å². The monoisotopic (exact) mass is 481 g/mol. The zero-order chi connectivity index (χ0) is 24.1. The minimum absolute atomic E-state index is 0.0261. The fraction of sp³-hybridized carbons (Fsp3) is 0.346. The first kappa shape index (κ1) is 24.2. The molecule has 0 aromatic heterocycles. The van der Waals surface area contributed by atoms with Gasteiger partial charge in [-0.25, -0.2) is 8.42 Å². The first-order valence-corrected chi connectivity index (χ1v) is 13.1. The molecule has 1 atom stereocenters. The van der Waals surface area contributed by atoms with E-state index in [1.165, 1.54) is 15.8 Å². The lowest BCUT2D eigenvalue weighted by Gasteiger charge is -2.19. The molecule has 0 spiro atoms. The lowest BCUT2D eigenvalue weighted by atomic mass is 10.0. The number of amides is 1. The number of carbonyl (C=O) groups excluding carboxylic acids is 1. The number of carbonyl (C=O) groups is 1. The summed E-state index contributed by atoms with van der Waals surface area (Å²) in [6, 6.07) is 19.1. The molecule has 3 aromatic rings. The standard InChI is InChI=1S/C26H31N3O4S/c1-3-33-24-13-12-23(17-25(24)34(31,32)29-14-6-7-15-29)28-26(30)18-27-19(2)21-11-10-20-8-4-5-9-22(20)16-21/h4-5,8-13,16-17,19,27H,3,6-7,14-15,18H2,1-2H3,(H,28,30)/t19-/m1/s1. The van der Waals surface area contributed by atoms with E-state index >= 15 is 0 Å². The zero-order valence-electron chi connectivity index (χ0n) is 19.6. The second kappa shape index (κ2) is 10.5. The molecular formula is C26H31N3O4S. The van der Waals surface area contributed by atoms with Crippen LogP contribution in [0.1, 0.15) is 38.3 Å². The van der Waals surface area contributed by atoms with Crippen molar-refractivity contribution < 1.29 is 17.9 Å². The molecule has 0 aliphatic carbocycles. The van der Waals surface area contributed by atoms with Gasteiger partial charge in [0.25, 0.3) is 0 Å². The number of nitrogens with zero attached hydrogens (tertiary/aromatic N) is 1. The van der Waals surface area contributed by atoms with Crippen LogP contribution in [0.15, 0.2) is 65.6 Å². The average Bonchev–Trinajstić information content (AvgIpc) is 3.39. The van der Waals surface area contributed by atoms with Crippen molar-refractivity contribution in [1.82, 2.24) is 9.62 Å². The van der Waals surface area contributed by atoms with Crippen molar-refractivity contribution in [3.63, 3.8) is 0 Å². The molecule has 1 saturated heterocycles. The van der Waals surface area contributed by atoms with Crippen LogP contribution in [0.5, 0.6) is 5.75 Å². The van der Waals surface area contributed by atoms with Crippen molar-refractivity contribution in [3.8, 4) is 5.75 Å². The Bertz CT molecular complexity index is 1270. The van der Waals surface area contributed by atoms with E-state index in [0.717, 1.165) is 23.8 Å². The molecule has 34 heavy (non-hydrogen) atoms. The molecule has 2 N–H and O–H groups in total. The Morgan fingerprint density at radius 1 is 1.03 bits per heavy atom. The molecule has 8 heteroatoms. The van der Waals surface area contributed by atoms with Gasteiger partial charge in [0.05, 0.1) is 13.2 Å². The predicted octanol–water partition coefficient (Wildman–Crippen LogP) is 4.31. The van der Waals surface area contributed by atoms with Crippen molar-refractivity contribution in [2.75, 3.05) is 31.6 Å². The maximum absolute atomic E-state index is 13.2. The lowest BCUT2D eigenvalue weighted by molar-refractivity contribution is -0.115. The molecule has 1 heterocycles. The second-order valence-corrected chi connectivity index (χ2v) is 10.4. The third kappa shape index (κ3) is 5.41. The van der Waals surface area contributed by atoms with Gasteiger partial charge in [0.1, 0.15) is 10.6 Å². The van der Waals surface area contributed by atoms with Gasteiger partial charge in [-0.05, 0) is 67.3 Å². The fourth-order valence-corrected chi connectivity index (χ4v) is 5.85. The van der Waals surface area contributed by atoms with Gasteiger partial charge < -0.3 is 15.4 Å². The first-order valence-electron chi connectivity index (χ1n) is 11.7. The average molecular weight is 482 g/mol. The topological polar surface area (TPSA) is 87.7 Å². The Labute approximate surface area is 201 Å². The molecule has 1 fully saturated rings. The Morgan fingerprint density at radius 2 is 1.76 bits per heavy atom. The largest absolute Gasteiger partial charge is 0.492 e. The predicted molar refractivity (Wildman–Crippen MR) is 135 cm³/mol. The van der Waals surface area contributed by atoms with Gasteiger partial charge in [0.15, 0.2) is 0 Å². The summed E-state index contributed by atoms with van der Waals surface area (Å²) in [5.74, 6) is 0.0526. The van der Waals surface area contributed by atoms with Crippen LogP contribution >= 0.6 is 0 Å². The quantitative estimate of drug-likeness (QED) is 0.476. The third-order valence-corrected chi connectivity index (χ3v) is 7.97. The molecule has 0 radical (unpaired) electrons. The van der Waals surface area contributed by atoms with Crippen LogP contribution in [0.4, 0.5) is 5.69 Å². The number of ether oxygens (including phenoxy) is 1. The zero-order valence-corrected chi connectivity index (χ0v) is 20.4. The molecule has 0 unspecified atom stereocenters. The maximum Gasteiger partial charge on any atom is 0.246 e. The van der Waals surface area contributed by atoms with Gasteiger partial charge in [-0.2, -0.15) is 4.31 Å². The van der Waals surface area contributed by atoms with Crippen molar-refractivity contribution in [1.29, 1.82) is 0 Å². The van der Waals surface area contributed by atoms with Crippen LogP contribution in [0, 0.1) is 0 Å². The molecule has 0 saturated carbocycles. The Hall–Kier alpha value is -2.94.